The Labute approximate surface area is 120 Å². The van der Waals surface area contributed by atoms with Crippen molar-refractivity contribution in [3.63, 3.8) is 0 Å². The molecule has 8 nitrogen and oxygen atoms in total. The van der Waals surface area contributed by atoms with Gasteiger partial charge in [-0.25, -0.2) is 10.8 Å². The van der Waals surface area contributed by atoms with E-state index in [4.69, 9.17) is 10.6 Å². The summed E-state index contributed by atoms with van der Waals surface area (Å²) in [5.41, 5.74) is 1.52. The first-order valence-corrected chi connectivity index (χ1v) is 6.67. The van der Waals surface area contributed by atoms with Gasteiger partial charge in [0.15, 0.2) is 0 Å². The van der Waals surface area contributed by atoms with Crippen molar-refractivity contribution in [2.45, 2.75) is 31.4 Å². The monoisotopic (exact) mass is 300 g/mol. The van der Waals surface area contributed by atoms with E-state index in [1.807, 2.05) is 0 Å². The van der Waals surface area contributed by atoms with Crippen LogP contribution in [0.2, 0.25) is 0 Å². The fourth-order valence-corrected chi connectivity index (χ4v) is 1.94. The molecule has 1 heterocycles. The molecule has 0 aliphatic carbocycles. The van der Waals surface area contributed by atoms with E-state index in [9.17, 15) is 14.9 Å². The minimum absolute atomic E-state index is 0.00937. The summed E-state index contributed by atoms with van der Waals surface area (Å²) in [4.78, 5) is 25.8. The molecule has 0 spiro atoms. The Morgan fingerprint density at radius 1 is 1.55 bits per heavy atom. The number of rotatable bonds is 5. The van der Waals surface area contributed by atoms with Gasteiger partial charge in [0.05, 0.1) is 16.7 Å². The van der Waals surface area contributed by atoms with Crippen LogP contribution in [-0.2, 0) is 9.53 Å². The van der Waals surface area contributed by atoms with Crippen LogP contribution < -0.4 is 11.3 Å². The number of nitrogens with two attached hydrogens (primary N) is 1. The maximum atomic E-state index is 11.6. The zero-order valence-electron chi connectivity index (χ0n) is 11.4. The van der Waals surface area contributed by atoms with Crippen molar-refractivity contribution in [3.05, 3.63) is 22.2 Å². The Hall–Kier alpha value is -1.87. The molecule has 0 atom stereocenters. The molecular weight excluding hydrogens is 284 g/mol. The Balaban J connectivity index is 2.75. The molecule has 1 aromatic heterocycles. The normalized spacial score (nSPS) is 11.0. The molecule has 0 aromatic carbocycles. The Kier molecular flexibility index (Phi) is 5.28. The third-order valence-corrected chi connectivity index (χ3v) is 2.79. The second-order valence-corrected chi connectivity index (χ2v) is 5.82. The summed E-state index contributed by atoms with van der Waals surface area (Å²) in [6.07, 6.45) is 0. The molecule has 1 aromatic rings. The summed E-state index contributed by atoms with van der Waals surface area (Å²) in [7, 11) is 0. The molecule has 9 heteroatoms. The molecular formula is C11H16N4O4S. The van der Waals surface area contributed by atoms with E-state index < -0.39 is 16.5 Å². The van der Waals surface area contributed by atoms with E-state index in [1.54, 1.807) is 20.8 Å². The highest BCUT2D eigenvalue weighted by Crippen LogP contribution is 2.24. The van der Waals surface area contributed by atoms with Gasteiger partial charge in [-0.05, 0) is 20.8 Å². The second kappa shape index (κ2) is 6.53. The maximum Gasteiger partial charge on any atom is 0.316 e. The number of esters is 1. The van der Waals surface area contributed by atoms with Crippen LogP contribution in [-0.4, -0.2) is 27.2 Å². The summed E-state index contributed by atoms with van der Waals surface area (Å²) in [5.74, 6) is 4.94. The average molecular weight is 300 g/mol. The van der Waals surface area contributed by atoms with Gasteiger partial charge >= 0.3 is 5.97 Å². The highest BCUT2D eigenvalue weighted by Gasteiger charge is 2.17. The van der Waals surface area contributed by atoms with Crippen LogP contribution in [0, 0.1) is 10.1 Å². The topological polar surface area (TPSA) is 120 Å². The van der Waals surface area contributed by atoms with Gasteiger partial charge in [0, 0.05) is 6.07 Å². The van der Waals surface area contributed by atoms with Crippen LogP contribution in [0.15, 0.2) is 17.2 Å². The molecule has 3 N–H and O–H groups in total. The zero-order valence-corrected chi connectivity index (χ0v) is 12.2. The van der Waals surface area contributed by atoms with Crippen LogP contribution in [0.5, 0.6) is 0 Å². The number of anilines is 1. The maximum absolute atomic E-state index is 11.6. The number of aromatic nitrogens is 1. The van der Waals surface area contributed by atoms with Crippen molar-refractivity contribution in [2.75, 3.05) is 11.2 Å². The summed E-state index contributed by atoms with van der Waals surface area (Å²) >= 11 is 1.04. The molecule has 0 saturated carbocycles. The first kappa shape index (κ1) is 16.2. The molecule has 0 aliphatic rings. The smallest absolute Gasteiger partial charge is 0.316 e. The van der Waals surface area contributed by atoms with Crippen molar-refractivity contribution in [2.24, 2.45) is 5.84 Å². The van der Waals surface area contributed by atoms with Crippen LogP contribution in [0.3, 0.4) is 0 Å². The number of carbonyl (C=O) groups excluding carboxylic acids is 1. The third-order valence-electron chi connectivity index (χ3n) is 1.90. The van der Waals surface area contributed by atoms with E-state index in [1.165, 1.54) is 12.1 Å². The predicted octanol–water partition coefficient (Wildman–Crippen LogP) is 1.71. The fraction of sp³-hybridized carbons (Fsp3) is 0.455. The lowest BCUT2D eigenvalue weighted by atomic mass is 10.2. The molecule has 0 unspecified atom stereocenters. The van der Waals surface area contributed by atoms with Crippen molar-refractivity contribution >= 4 is 29.2 Å². The highest BCUT2D eigenvalue weighted by atomic mass is 32.2. The number of thioether (sulfide) groups is 1. The second-order valence-electron chi connectivity index (χ2n) is 4.83. The van der Waals surface area contributed by atoms with Crippen molar-refractivity contribution in [1.82, 2.24) is 4.98 Å². The minimum Gasteiger partial charge on any atom is -0.459 e. The zero-order chi connectivity index (χ0) is 15.3. The first-order chi connectivity index (χ1) is 9.21. The van der Waals surface area contributed by atoms with Gasteiger partial charge in [0.25, 0.3) is 5.69 Å². The number of hydrazine groups is 1. The van der Waals surface area contributed by atoms with Crippen LogP contribution in [0.4, 0.5) is 11.5 Å². The number of nitrogens with zero attached hydrogens (tertiary/aromatic N) is 2. The molecule has 0 amide bonds. The largest absolute Gasteiger partial charge is 0.459 e. The van der Waals surface area contributed by atoms with E-state index in [-0.39, 0.29) is 17.3 Å². The average Bonchev–Trinajstić information content (AvgIpc) is 2.33. The molecule has 20 heavy (non-hydrogen) atoms. The molecule has 110 valence electrons. The first-order valence-electron chi connectivity index (χ1n) is 5.69. The molecule has 0 saturated heterocycles. The van der Waals surface area contributed by atoms with Gasteiger partial charge in [-0.1, -0.05) is 11.8 Å². The number of pyridine rings is 1. The quantitative estimate of drug-likeness (QED) is 0.277. The fourth-order valence-electron chi connectivity index (χ4n) is 1.25. The van der Waals surface area contributed by atoms with Gasteiger partial charge in [0.1, 0.15) is 16.4 Å². The Morgan fingerprint density at radius 3 is 2.70 bits per heavy atom. The van der Waals surface area contributed by atoms with E-state index >= 15 is 0 Å². The van der Waals surface area contributed by atoms with Gasteiger partial charge in [-0.2, -0.15) is 0 Å². The van der Waals surface area contributed by atoms with Gasteiger partial charge in [-0.3, -0.25) is 14.9 Å². The van der Waals surface area contributed by atoms with Crippen LogP contribution in [0.25, 0.3) is 0 Å². The number of ether oxygens (including phenoxy) is 1. The van der Waals surface area contributed by atoms with Crippen molar-refractivity contribution in [1.29, 1.82) is 0 Å². The molecule has 0 radical (unpaired) electrons. The number of nitrogens with one attached hydrogen (secondary N) is 1. The SMILES string of the molecule is CC(C)(C)OC(=O)CSc1cc([N+](=O)[O-])cc(NN)n1. The summed E-state index contributed by atoms with van der Waals surface area (Å²) in [6, 6.07) is 2.48. The predicted molar refractivity (Wildman–Crippen MR) is 75.3 cm³/mol. The number of nitrogen functional groups attached to an aromatic ring is 1. The third kappa shape index (κ3) is 5.41. The molecule has 0 fully saturated rings. The summed E-state index contributed by atoms with van der Waals surface area (Å²) in [6.45, 7) is 5.28. The van der Waals surface area contributed by atoms with Gasteiger partial charge < -0.3 is 10.2 Å². The van der Waals surface area contributed by atoms with E-state index in [0.29, 0.717) is 5.03 Å². The minimum atomic E-state index is -0.572. The highest BCUT2D eigenvalue weighted by molar-refractivity contribution is 7.99. The van der Waals surface area contributed by atoms with Crippen molar-refractivity contribution in [3.8, 4) is 0 Å². The molecule has 0 aliphatic heterocycles. The van der Waals surface area contributed by atoms with Crippen molar-refractivity contribution < 1.29 is 14.5 Å². The number of hydrogen-bond acceptors (Lipinski definition) is 8. The lowest BCUT2D eigenvalue weighted by molar-refractivity contribution is -0.385. The Bertz CT molecular complexity index is 516. The standard InChI is InChI=1S/C11H16N4O4S/c1-11(2,3)19-10(16)6-20-9-5-7(15(17)18)4-8(13-9)14-12/h4-5H,6,12H2,1-3H3,(H,13,14). The lowest BCUT2D eigenvalue weighted by Gasteiger charge is -2.19. The number of hydrogen-bond donors (Lipinski definition) is 2. The molecule has 1 rings (SSSR count). The number of nitro groups is 1. The van der Waals surface area contributed by atoms with Crippen LogP contribution in [0.1, 0.15) is 20.8 Å². The Morgan fingerprint density at radius 2 is 2.20 bits per heavy atom. The van der Waals surface area contributed by atoms with E-state index in [0.717, 1.165) is 11.8 Å². The molecule has 0 bridgehead atoms. The summed E-state index contributed by atoms with van der Waals surface area (Å²) < 4.78 is 5.13. The van der Waals surface area contributed by atoms with Crippen LogP contribution >= 0.6 is 11.8 Å². The summed E-state index contributed by atoms with van der Waals surface area (Å²) in [5, 5.41) is 11.1. The number of carbonyl (C=O) groups is 1. The van der Waals surface area contributed by atoms with Gasteiger partial charge in [-0.15, -0.1) is 0 Å². The van der Waals surface area contributed by atoms with Gasteiger partial charge in [0.2, 0.25) is 0 Å². The lowest BCUT2D eigenvalue weighted by Crippen LogP contribution is -2.24. The van der Waals surface area contributed by atoms with E-state index in [2.05, 4.69) is 10.4 Å².